The van der Waals surface area contributed by atoms with Crippen LogP contribution in [0.3, 0.4) is 0 Å². The summed E-state index contributed by atoms with van der Waals surface area (Å²) in [6.07, 6.45) is -4.38. The Morgan fingerprint density at radius 2 is 1.68 bits per heavy atom. The molecule has 1 atom stereocenters. The lowest BCUT2D eigenvalue weighted by molar-refractivity contribution is -0.192. The van der Waals surface area contributed by atoms with E-state index in [1.165, 1.54) is 18.1 Å². The molecule has 1 aliphatic rings. The average molecular weight is 438 g/mol. The number of hydrogen-bond acceptors (Lipinski definition) is 5. The van der Waals surface area contributed by atoms with Gasteiger partial charge in [-0.05, 0) is 35.2 Å². The van der Waals surface area contributed by atoms with E-state index in [9.17, 15) is 22.8 Å². The minimum absolute atomic E-state index is 0.00596. The number of fused-ring (bicyclic) bond motifs is 1. The second kappa shape index (κ2) is 10.6. The van der Waals surface area contributed by atoms with E-state index in [-0.39, 0.29) is 17.9 Å². The van der Waals surface area contributed by atoms with Crippen molar-refractivity contribution in [2.75, 3.05) is 0 Å². The Balaban J connectivity index is 0.000000423. The maximum atomic E-state index is 12.4. The van der Waals surface area contributed by atoms with Crippen LogP contribution in [-0.2, 0) is 33.9 Å². The van der Waals surface area contributed by atoms with Gasteiger partial charge in [0.2, 0.25) is 5.91 Å². The highest BCUT2D eigenvalue weighted by Crippen LogP contribution is 2.17. The molecule has 0 spiro atoms. The number of carbonyl (C=O) groups is 3. The van der Waals surface area contributed by atoms with Crippen molar-refractivity contribution in [2.24, 2.45) is 0 Å². The summed E-state index contributed by atoms with van der Waals surface area (Å²) in [5.41, 5.74) is 3.43. The third-order valence-corrected chi connectivity index (χ3v) is 4.29. The molecule has 10 heteroatoms. The van der Waals surface area contributed by atoms with Gasteiger partial charge < -0.3 is 20.5 Å². The summed E-state index contributed by atoms with van der Waals surface area (Å²) in [6, 6.07) is 15.1. The SMILES string of the molecule is CC(=O)Oc1ccc(CNC(=O)[C@@H]2Cc3ccccc3CN2)cc1.O=C(O)C(F)(F)F. The van der Waals surface area contributed by atoms with Crippen molar-refractivity contribution in [3.05, 3.63) is 65.2 Å². The molecule has 3 N–H and O–H groups in total. The van der Waals surface area contributed by atoms with E-state index in [0.29, 0.717) is 25.3 Å². The molecule has 1 amide bonds. The molecule has 2 aromatic rings. The van der Waals surface area contributed by atoms with Crippen molar-refractivity contribution in [3.8, 4) is 5.75 Å². The standard InChI is InChI=1S/C19H20N2O3.C2HF3O2/c1-13(22)24-17-8-6-14(7-9-17)11-21-19(23)18-10-15-4-2-3-5-16(15)12-20-18;3-2(4,5)1(6)7/h2-9,18,20H,10-12H2,1H3,(H,21,23);(H,6,7)/t18-;/m0./s1. The maximum Gasteiger partial charge on any atom is 0.490 e. The van der Waals surface area contributed by atoms with Crippen molar-refractivity contribution >= 4 is 17.8 Å². The van der Waals surface area contributed by atoms with Crippen molar-refractivity contribution < 1.29 is 37.4 Å². The number of ether oxygens (including phenoxy) is 1. The van der Waals surface area contributed by atoms with Crippen LogP contribution in [0.4, 0.5) is 13.2 Å². The number of aliphatic carboxylic acids is 1. The molecule has 166 valence electrons. The van der Waals surface area contributed by atoms with Crippen molar-refractivity contribution in [1.82, 2.24) is 10.6 Å². The Morgan fingerprint density at radius 1 is 1.10 bits per heavy atom. The molecule has 0 bridgehead atoms. The molecular weight excluding hydrogens is 417 g/mol. The summed E-state index contributed by atoms with van der Waals surface area (Å²) in [5, 5.41) is 13.3. The van der Waals surface area contributed by atoms with Crippen molar-refractivity contribution in [3.63, 3.8) is 0 Å². The monoisotopic (exact) mass is 438 g/mol. The smallest absolute Gasteiger partial charge is 0.475 e. The molecule has 0 unspecified atom stereocenters. The summed E-state index contributed by atoms with van der Waals surface area (Å²) in [5.74, 6) is -2.61. The molecule has 31 heavy (non-hydrogen) atoms. The van der Waals surface area contributed by atoms with Gasteiger partial charge in [0.05, 0.1) is 6.04 Å². The van der Waals surface area contributed by atoms with Gasteiger partial charge in [-0.15, -0.1) is 0 Å². The number of hydrogen-bond donors (Lipinski definition) is 3. The van der Waals surface area contributed by atoms with E-state index in [1.54, 1.807) is 12.1 Å². The molecule has 1 heterocycles. The zero-order chi connectivity index (χ0) is 23.0. The van der Waals surface area contributed by atoms with Crippen LogP contribution < -0.4 is 15.4 Å². The molecule has 0 saturated carbocycles. The Hall–Kier alpha value is -3.40. The number of nitrogens with one attached hydrogen (secondary N) is 2. The fourth-order valence-corrected chi connectivity index (χ4v) is 2.79. The first-order valence-corrected chi connectivity index (χ1v) is 9.21. The predicted molar refractivity (Wildman–Crippen MR) is 104 cm³/mol. The number of esters is 1. The molecule has 0 saturated heterocycles. The number of carboxylic acids is 1. The molecule has 1 aliphatic heterocycles. The van der Waals surface area contributed by atoms with Crippen LogP contribution in [0.5, 0.6) is 5.75 Å². The highest BCUT2D eigenvalue weighted by Gasteiger charge is 2.38. The van der Waals surface area contributed by atoms with Gasteiger partial charge in [-0.3, -0.25) is 9.59 Å². The molecular formula is C21H21F3N2O5. The Morgan fingerprint density at radius 3 is 2.23 bits per heavy atom. The molecule has 0 aromatic heterocycles. The van der Waals surface area contributed by atoms with Crippen LogP contribution in [0.1, 0.15) is 23.6 Å². The molecule has 0 fully saturated rings. The van der Waals surface area contributed by atoms with Crippen LogP contribution in [0.25, 0.3) is 0 Å². The summed E-state index contributed by atoms with van der Waals surface area (Å²) in [7, 11) is 0. The van der Waals surface area contributed by atoms with Gasteiger partial charge >= 0.3 is 18.1 Å². The van der Waals surface area contributed by atoms with E-state index in [2.05, 4.69) is 22.8 Å². The molecule has 0 aliphatic carbocycles. The first-order valence-electron chi connectivity index (χ1n) is 9.21. The number of carboxylic acid groups (broad SMARTS) is 1. The van der Waals surface area contributed by atoms with Crippen LogP contribution in [0.15, 0.2) is 48.5 Å². The second-order valence-electron chi connectivity index (χ2n) is 6.66. The fourth-order valence-electron chi connectivity index (χ4n) is 2.79. The molecule has 0 radical (unpaired) electrons. The number of carbonyl (C=O) groups excluding carboxylic acids is 2. The zero-order valence-electron chi connectivity index (χ0n) is 16.5. The fraction of sp³-hybridized carbons (Fsp3) is 0.286. The lowest BCUT2D eigenvalue weighted by Crippen LogP contribution is -2.47. The van der Waals surface area contributed by atoms with Crippen molar-refractivity contribution in [2.45, 2.75) is 38.7 Å². The second-order valence-corrected chi connectivity index (χ2v) is 6.66. The summed E-state index contributed by atoms with van der Waals surface area (Å²) < 4.78 is 36.7. The Kier molecular flexibility index (Phi) is 8.14. The summed E-state index contributed by atoms with van der Waals surface area (Å²) in [6.45, 7) is 2.52. The van der Waals surface area contributed by atoms with Crippen LogP contribution in [0, 0.1) is 0 Å². The number of amides is 1. The number of benzene rings is 2. The lowest BCUT2D eigenvalue weighted by atomic mass is 9.95. The Labute approximate surface area is 176 Å². The first-order chi connectivity index (χ1) is 14.6. The summed E-state index contributed by atoms with van der Waals surface area (Å²) in [4.78, 5) is 32.1. The van der Waals surface area contributed by atoms with E-state index < -0.39 is 12.1 Å². The number of alkyl halides is 3. The first kappa shape index (κ1) is 23.9. The largest absolute Gasteiger partial charge is 0.490 e. The minimum Gasteiger partial charge on any atom is -0.475 e. The van der Waals surface area contributed by atoms with Gasteiger partial charge in [-0.1, -0.05) is 36.4 Å². The zero-order valence-corrected chi connectivity index (χ0v) is 16.5. The third-order valence-electron chi connectivity index (χ3n) is 4.29. The molecule has 2 aromatic carbocycles. The Bertz CT molecular complexity index is 929. The van der Waals surface area contributed by atoms with Crippen LogP contribution in [0.2, 0.25) is 0 Å². The van der Waals surface area contributed by atoms with Gasteiger partial charge in [-0.25, -0.2) is 4.79 Å². The van der Waals surface area contributed by atoms with Gasteiger partial charge in [0, 0.05) is 20.0 Å². The van der Waals surface area contributed by atoms with E-state index in [1.807, 2.05) is 24.3 Å². The molecule has 3 rings (SSSR count). The number of rotatable bonds is 4. The van der Waals surface area contributed by atoms with Crippen LogP contribution in [-0.4, -0.2) is 35.2 Å². The average Bonchev–Trinajstić information content (AvgIpc) is 2.72. The van der Waals surface area contributed by atoms with Gasteiger partial charge in [0.15, 0.2) is 0 Å². The minimum atomic E-state index is -5.08. The molecule has 7 nitrogen and oxygen atoms in total. The van der Waals surface area contributed by atoms with Gasteiger partial charge in [0.25, 0.3) is 0 Å². The highest BCUT2D eigenvalue weighted by atomic mass is 19.4. The number of halogens is 3. The lowest BCUT2D eigenvalue weighted by Gasteiger charge is -2.25. The maximum absolute atomic E-state index is 12.4. The van der Waals surface area contributed by atoms with Crippen molar-refractivity contribution in [1.29, 1.82) is 0 Å². The predicted octanol–water partition coefficient (Wildman–Crippen LogP) is 2.58. The van der Waals surface area contributed by atoms with E-state index >= 15 is 0 Å². The van der Waals surface area contributed by atoms with Crippen LogP contribution >= 0.6 is 0 Å². The van der Waals surface area contributed by atoms with E-state index in [0.717, 1.165) is 5.56 Å². The van der Waals surface area contributed by atoms with Gasteiger partial charge in [-0.2, -0.15) is 13.2 Å². The third kappa shape index (κ3) is 7.74. The summed E-state index contributed by atoms with van der Waals surface area (Å²) >= 11 is 0. The highest BCUT2D eigenvalue weighted by molar-refractivity contribution is 5.82. The van der Waals surface area contributed by atoms with E-state index in [4.69, 9.17) is 14.6 Å². The normalized spacial score (nSPS) is 15.0. The van der Waals surface area contributed by atoms with Gasteiger partial charge in [0.1, 0.15) is 5.75 Å². The topological polar surface area (TPSA) is 105 Å². The quantitative estimate of drug-likeness (QED) is 0.501.